The lowest BCUT2D eigenvalue weighted by atomic mass is 10.0. The maximum Gasteiger partial charge on any atom is 0.0477 e. The van der Waals surface area contributed by atoms with Crippen molar-refractivity contribution in [1.29, 1.82) is 0 Å². The van der Waals surface area contributed by atoms with Crippen molar-refractivity contribution in [2.75, 3.05) is 0 Å². The van der Waals surface area contributed by atoms with E-state index in [1.807, 2.05) is 13.8 Å². The van der Waals surface area contributed by atoms with Crippen LogP contribution in [-0.2, 0) is 7.05 Å². The van der Waals surface area contributed by atoms with E-state index in [2.05, 4.69) is 55.9 Å². The summed E-state index contributed by atoms with van der Waals surface area (Å²) >= 11 is 0. The maximum atomic E-state index is 2.28. The molecular formula is C14H21N. The molecule has 1 heteroatoms. The Kier molecular flexibility index (Phi) is 3.96. The van der Waals surface area contributed by atoms with Gasteiger partial charge >= 0.3 is 0 Å². The molecule has 0 amide bonds. The predicted octanol–water partition coefficient (Wildman–Crippen LogP) is 4.33. The first-order chi connectivity index (χ1) is 7.18. The summed E-state index contributed by atoms with van der Waals surface area (Å²) in [7, 11) is 2.08. The third-order valence-electron chi connectivity index (χ3n) is 2.58. The molecule has 0 atom stereocenters. The van der Waals surface area contributed by atoms with Crippen LogP contribution in [0.25, 0.3) is 10.9 Å². The number of aryl methyl sites for hydroxylation is 1. The Morgan fingerprint density at radius 2 is 1.73 bits per heavy atom. The zero-order chi connectivity index (χ0) is 11.4. The molecular weight excluding hydrogens is 182 g/mol. The average Bonchev–Trinajstić information content (AvgIpc) is 2.63. The largest absolute Gasteiger partial charge is 0.351 e. The van der Waals surface area contributed by atoms with E-state index >= 15 is 0 Å². The summed E-state index contributed by atoms with van der Waals surface area (Å²) in [5.41, 5.74) is 2.73. The highest BCUT2D eigenvalue weighted by Crippen LogP contribution is 2.21. The van der Waals surface area contributed by atoms with Gasteiger partial charge in [0.05, 0.1) is 0 Å². The summed E-state index contributed by atoms with van der Waals surface area (Å²) in [5.74, 6) is 0.615. The number of aromatic nitrogens is 1. The van der Waals surface area contributed by atoms with Crippen molar-refractivity contribution < 1.29 is 0 Å². The van der Waals surface area contributed by atoms with Crippen molar-refractivity contribution in [3.63, 3.8) is 0 Å². The van der Waals surface area contributed by atoms with Gasteiger partial charge in [-0.25, -0.2) is 0 Å². The van der Waals surface area contributed by atoms with Gasteiger partial charge in [0.2, 0.25) is 0 Å². The number of hydrogen-bond donors (Lipinski definition) is 0. The van der Waals surface area contributed by atoms with Crippen LogP contribution in [0.1, 0.15) is 39.2 Å². The van der Waals surface area contributed by atoms with E-state index in [1.54, 1.807) is 0 Å². The molecule has 0 spiro atoms. The Labute approximate surface area is 92.7 Å². The lowest BCUT2D eigenvalue weighted by molar-refractivity contribution is 0.868. The molecule has 0 bridgehead atoms. The first-order valence-electron chi connectivity index (χ1n) is 5.73. The molecule has 0 fully saturated rings. The van der Waals surface area contributed by atoms with E-state index < -0.39 is 0 Å². The van der Waals surface area contributed by atoms with Gasteiger partial charge in [0.15, 0.2) is 0 Å². The summed E-state index contributed by atoms with van der Waals surface area (Å²) in [6.07, 6.45) is 2.11. The zero-order valence-electron chi connectivity index (χ0n) is 10.4. The number of fused-ring (bicyclic) bond motifs is 1. The highest BCUT2D eigenvalue weighted by Gasteiger charge is 2.01. The first-order valence-corrected chi connectivity index (χ1v) is 5.73. The fourth-order valence-corrected chi connectivity index (χ4v) is 1.66. The smallest absolute Gasteiger partial charge is 0.0477 e. The molecule has 2 aromatic rings. The van der Waals surface area contributed by atoms with Crippen LogP contribution in [0.4, 0.5) is 0 Å². The predicted molar refractivity (Wildman–Crippen MR) is 68.4 cm³/mol. The summed E-state index contributed by atoms with van der Waals surface area (Å²) in [6, 6.07) is 8.86. The van der Waals surface area contributed by atoms with Gasteiger partial charge in [0.1, 0.15) is 0 Å². The van der Waals surface area contributed by atoms with Crippen molar-refractivity contribution in [3.8, 4) is 0 Å². The number of benzene rings is 1. The summed E-state index contributed by atoms with van der Waals surface area (Å²) in [6.45, 7) is 8.45. The minimum atomic E-state index is 0.615. The van der Waals surface area contributed by atoms with Crippen LogP contribution >= 0.6 is 0 Å². The minimum Gasteiger partial charge on any atom is -0.351 e. The first kappa shape index (κ1) is 11.8. The Bertz CT molecular complexity index is 424. The molecule has 0 saturated carbocycles. The van der Waals surface area contributed by atoms with Gasteiger partial charge in [-0.3, -0.25) is 0 Å². The van der Waals surface area contributed by atoms with Crippen LogP contribution in [0.15, 0.2) is 30.5 Å². The lowest BCUT2D eigenvalue weighted by Gasteiger charge is -2.05. The van der Waals surface area contributed by atoms with Gasteiger partial charge < -0.3 is 4.57 Å². The Hall–Kier alpha value is -1.24. The molecule has 1 aromatic carbocycles. The highest BCUT2D eigenvalue weighted by atomic mass is 14.9. The average molecular weight is 203 g/mol. The summed E-state index contributed by atoms with van der Waals surface area (Å²) < 4.78 is 2.15. The van der Waals surface area contributed by atoms with Crippen molar-refractivity contribution >= 4 is 10.9 Å². The molecule has 0 unspecified atom stereocenters. The Morgan fingerprint density at radius 3 is 2.33 bits per heavy atom. The van der Waals surface area contributed by atoms with E-state index in [0.29, 0.717) is 5.92 Å². The Morgan fingerprint density at radius 1 is 1.07 bits per heavy atom. The summed E-state index contributed by atoms with van der Waals surface area (Å²) in [5, 5.41) is 1.34. The standard InChI is InChI=1S/C12H15N.C2H6/c1-9(2)10-4-5-12-11(8-10)6-7-13(12)3;1-2/h4-9H,1-3H3;1-2H3. The maximum absolute atomic E-state index is 2.28. The number of rotatable bonds is 1. The third kappa shape index (κ3) is 2.41. The van der Waals surface area contributed by atoms with Crippen LogP contribution < -0.4 is 0 Å². The molecule has 0 N–H and O–H groups in total. The molecule has 15 heavy (non-hydrogen) atoms. The van der Waals surface area contributed by atoms with E-state index in [1.165, 1.54) is 16.5 Å². The SMILES string of the molecule is CC.CC(C)c1ccc2c(ccn2C)c1. The van der Waals surface area contributed by atoms with Gasteiger partial charge in [0, 0.05) is 18.8 Å². The normalized spacial score (nSPS) is 10.3. The molecule has 1 heterocycles. The molecule has 0 aliphatic rings. The second kappa shape index (κ2) is 5.01. The fraction of sp³-hybridized carbons (Fsp3) is 0.429. The summed E-state index contributed by atoms with van der Waals surface area (Å²) in [4.78, 5) is 0. The molecule has 2 rings (SSSR count). The fourth-order valence-electron chi connectivity index (χ4n) is 1.66. The molecule has 0 saturated heterocycles. The van der Waals surface area contributed by atoms with Gasteiger partial charge in [-0.1, -0.05) is 33.8 Å². The molecule has 1 aromatic heterocycles. The third-order valence-corrected chi connectivity index (χ3v) is 2.58. The van der Waals surface area contributed by atoms with E-state index in [-0.39, 0.29) is 0 Å². The molecule has 1 nitrogen and oxygen atoms in total. The van der Waals surface area contributed by atoms with Crippen LogP contribution in [-0.4, -0.2) is 4.57 Å². The quantitative estimate of drug-likeness (QED) is 0.650. The van der Waals surface area contributed by atoms with Crippen molar-refractivity contribution in [1.82, 2.24) is 4.57 Å². The number of hydrogen-bond acceptors (Lipinski definition) is 0. The van der Waals surface area contributed by atoms with Gasteiger partial charge in [0.25, 0.3) is 0 Å². The molecule has 0 radical (unpaired) electrons. The Balaban J connectivity index is 0.000000531. The van der Waals surface area contributed by atoms with Crippen molar-refractivity contribution in [3.05, 3.63) is 36.0 Å². The second-order valence-electron chi connectivity index (χ2n) is 3.90. The number of nitrogens with zero attached hydrogens (tertiary/aromatic N) is 1. The van der Waals surface area contributed by atoms with Gasteiger partial charge in [-0.15, -0.1) is 0 Å². The van der Waals surface area contributed by atoms with Crippen LogP contribution in [0.3, 0.4) is 0 Å². The van der Waals surface area contributed by atoms with Gasteiger partial charge in [-0.05, 0) is 35.1 Å². The monoisotopic (exact) mass is 203 g/mol. The molecule has 0 aliphatic heterocycles. The molecule has 0 aliphatic carbocycles. The van der Waals surface area contributed by atoms with Crippen LogP contribution in [0, 0.1) is 0 Å². The minimum absolute atomic E-state index is 0.615. The van der Waals surface area contributed by atoms with Crippen molar-refractivity contribution in [2.45, 2.75) is 33.6 Å². The topological polar surface area (TPSA) is 4.93 Å². The zero-order valence-corrected chi connectivity index (χ0v) is 10.4. The lowest BCUT2D eigenvalue weighted by Crippen LogP contribution is -1.88. The molecule has 82 valence electrons. The van der Waals surface area contributed by atoms with Crippen molar-refractivity contribution in [2.24, 2.45) is 7.05 Å². The second-order valence-corrected chi connectivity index (χ2v) is 3.90. The van der Waals surface area contributed by atoms with E-state index in [4.69, 9.17) is 0 Å². The van der Waals surface area contributed by atoms with Crippen LogP contribution in [0.2, 0.25) is 0 Å². The van der Waals surface area contributed by atoms with Gasteiger partial charge in [-0.2, -0.15) is 0 Å². The van der Waals surface area contributed by atoms with E-state index in [9.17, 15) is 0 Å². The highest BCUT2D eigenvalue weighted by molar-refractivity contribution is 5.80. The van der Waals surface area contributed by atoms with E-state index in [0.717, 1.165) is 0 Å². The van der Waals surface area contributed by atoms with Crippen LogP contribution in [0.5, 0.6) is 0 Å².